The first-order chi connectivity index (χ1) is 16.6. The predicted molar refractivity (Wildman–Crippen MR) is 125 cm³/mol. The summed E-state index contributed by atoms with van der Waals surface area (Å²) in [6.45, 7) is 1.19. The standard InChI is InChI=1S/C22H25N2O10P/c1-11-18(20(32-3)13-7-5-4-6-12(13)19(11)31-2)14-9-24(22(27)23-21(14)26)17-8-15(25)16(34-17)10-33-35(28,29)30/h4-7,9,15-17,25H,8,10H2,1-3H3,(H,23,26,27)(H2,28,29,30). The number of fused-ring (bicyclic) bond motifs is 1. The van der Waals surface area contributed by atoms with Gasteiger partial charge in [0.25, 0.3) is 5.56 Å². The molecule has 4 rings (SSSR count). The van der Waals surface area contributed by atoms with Crippen LogP contribution in [0.15, 0.2) is 40.1 Å². The maximum absolute atomic E-state index is 12.9. The first-order valence-electron chi connectivity index (χ1n) is 10.6. The molecular weight excluding hydrogens is 483 g/mol. The molecular formula is C22H25N2O10P. The van der Waals surface area contributed by atoms with Gasteiger partial charge in [-0.05, 0) is 6.92 Å². The molecule has 12 nitrogen and oxygen atoms in total. The lowest BCUT2D eigenvalue weighted by molar-refractivity contribution is -0.0450. The minimum absolute atomic E-state index is 0.0717. The van der Waals surface area contributed by atoms with Crippen LogP contribution in [0.5, 0.6) is 11.5 Å². The van der Waals surface area contributed by atoms with E-state index in [4.69, 9.17) is 24.0 Å². The molecule has 35 heavy (non-hydrogen) atoms. The van der Waals surface area contributed by atoms with E-state index in [1.165, 1.54) is 20.4 Å². The molecule has 3 unspecified atom stereocenters. The highest BCUT2D eigenvalue weighted by Gasteiger charge is 2.37. The summed E-state index contributed by atoms with van der Waals surface area (Å²) in [4.78, 5) is 45.7. The third-order valence-corrected chi connectivity index (χ3v) is 6.41. The number of aliphatic hydroxyl groups excluding tert-OH is 1. The Balaban J connectivity index is 1.83. The van der Waals surface area contributed by atoms with Crippen molar-refractivity contribution in [2.45, 2.75) is 31.8 Å². The topological polar surface area (TPSA) is 170 Å². The second-order valence-corrected chi connectivity index (χ2v) is 9.28. The van der Waals surface area contributed by atoms with E-state index in [0.29, 0.717) is 28.0 Å². The molecule has 188 valence electrons. The van der Waals surface area contributed by atoms with E-state index < -0.39 is 44.1 Å². The third kappa shape index (κ3) is 4.76. The summed E-state index contributed by atoms with van der Waals surface area (Å²) >= 11 is 0. The molecule has 13 heteroatoms. The molecule has 1 aliphatic heterocycles. The molecule has 0 saturated carbocycles. The molecule has 0 bridgehead atoms. The van der Waals surface area contributed by atoms with Crippen molar-refractivity contribution in [3.8, 4) is 22.6 Å². The average Bonchev–Trinajstić information content (AvgIpc) is 3.17. The zero-order chi connectivity index (χ0) is 25.5. The molecule has 0 spiro atoms. The minimum Gasteiger partial charge on any atom is -0.496 e. The maximum atomic E-state index is 12.9. The Morgan fingerprint density at radius 1 is 1.14 bits per heavy atom. The van der Waals surface area contributed by atoms with Crippen LogP contribution < -0.4 is 20.7 Å². The molecule has 0 aliphatic carbocycles. The summed E-state index contributed by atoms with van der Waals surface area (Å²) in [5.41, 5.74) is -0.310. The molecule has 2 heterocycles. The van der Waals surface area contributed by atoms with Crippen molar-refractivity contribution in [1.29, 1.82) is 0 Å². The number of nitrogens with one attached hydrogen (secondary N) is 1. The Morgan fingerprint density at radius 3 is 2.37 bits per heavy atom. The SMILES string of the molecule is COc1c(C)c(-c2cn(C3CC(O)C(COP(=O)(O)O)O3)c(=O)[nH]c2=O)c(OC)c2ccccc12. The number of benzene rings is 2. The number of aromatic nitrogens is 2. The quantitative estimate of drug-likeness (QED) is 0.343. The van der Waals surface area contributed by atoms with E-state index in [9.17, 15) is 19.3 Å². The van der Waals surface area contributed by atoms with Crippen LogP contribution in [0.25, 0.3) is 21.9 Å². The fourth-order valence-corrected chi connectivity index (χ4v) is 4.72. The van der Waals surface area contributed by atoms with Crippen molar-refractivity contribution >= 4 is 18.6 Å². The molecule has 0 amide bonds. The number of rotatable bonds is 7. The van der Waals surface area contributed by atoms with Crippen molar-refractivity contribution in [1.82, 2.24) is 9.55 Å². The van der Waals surface area contributed by atoms with Gasteiger partial charge in [0.05, 0.1) is 32.5 Å². The Bertz CT molecular complexity index is 1430. The molecule has 1 fully saturated rings. The van der Waals surface area contributed by atoms with E-state index in [1.807, 2.05) is 24.3 Å². The van der Waals surface area contributed by atoms with Crippen LogP contribution in [0.2, 0.25) is 0 Å². The number of hydrogen-bond acceptors (Lipinski definition) is 8. The molecule has 3 aromatic rings. The number of hydrogen-bond donors (Lipinski definition) is 4. The molecule has 0 radical (unpaired) electrons. The zero-order valence-corrected chi connectivity index (χ0v) is 20.0. The van der Waals surface area contributed by atoms with E-state index >= 15 is 0 Å². The lowest BCUT2D eigenvalue weighted by Gasteiger charge is -2.20. The summed E-state index contributed by atoms with van der Waals surface area (Å²) in [5.74, 6) is 0.950. The first-order valence-corrected chi connectivity index (χ1v) is 12.1. The fourth-order valence-electron chi connectivity index (χ4n) is 4.38. The van der Waals surface area contributed by atoms with E-state index in [-0.39, 0.29) is 12.0 Å². The Morgan fingerprint density at radius 2 is 1.77 bits per heavy atom. The maximum Gasteiger partial charge on any atom is 0.469 e. The fraction of sp³-hybridized carbons (Fsp3) is 0.364. The van der Waals surface area contributed by atoms with Gasteiger partial charge in [-0.1, -0.05) is 24.3 Å². The van der Waals surface area contributed by atoms with Gasteiger partial charge in [0.1, 0.15) is 23.8 Å². The first kappa shape index (κ1) is 25.1. The average molecular weight is 508 g/mol. The highest BCUT2D eigenvalue weighted by molar-refractivity contribution is 7.46. The Hall–Kier alpha value is -2.99. The van der Waals surface area contributed by atoms with Crippen LogP contribution in [-0.4, -0.2) is 57.5 Å². The number of methoxy groups -OCH3 is 2. The van der Waals surface area contributed by atoms with Gasteiger partial charge in [-0.2, -0.15) is 0 Å². The zero-order valence-electron chi connectivity index (χ0n) is 19.1. The van der Waals surface area contributed by atoms with Crippen LogP contribution in [0.3, 0.4) is 0 Å². The Kier molecular flexibility index (Phi) is 6.87. The molecule has 3 atom stereocenters. The van der Waals surface area contributed by atoms with Gasteiger partial charge in [0, 0.05) is 34.5 Å². The van der Waals surface area contributed by atoms with Gasteiger partial charge < -0.3 is 29.1 Å². The van der Waals surface area contributed by atoms with Crippen molar-refractivity contribution < 1.29 is 38.2 Å². The van der Waals surface area contributed by atoms with Crippen LogP contribution in [-0.2, 0) is 13.8 Å². The highest BCUT2D eigenvalue weighted by Crippen LogP contribution is 2.45. The number of H-pyrrole nitrogens is 1. The summed E-state index contributed by atoms with van der Waals surface area (Å²) in [6, 6.07) is 7.37. The Labute approximate surface area is 198 Å². The van der Waals surface area contributed by atoms with Crippen LogP contribution in [0, 0.1) is 6.92 Å². The second kappa shape index (κ2) is 9.57. The van der Waals surface area contributed by atoms with Gasteiger partial charge >= 0.3 is 13.5 Å². The summed E-state index contributed by atoms with van der Waals surface area (Å²) in [6.07, 6.45) is -2.04. The van der Waals surface area contributed by atoms with Gasteiger partial charge in [0.2, 0.25) is 0 Å². The smallest absolute Gasteiger partial charge is 0.469 e. The van der Waals surface area contributed by atoms with Crippen LogP contribution in [0.4, 0.5) is 0 Å². The van der Waals surface area contributed by atoms with E-state index in [0.717, 1.165) is 9.95 Å². The predicted octanol–water partition coefficient (Wildman–Crippen LogP) is 1.44. The lowest BCUT2D eigenvalue weighted by atomic mass is 9.95. The van der Waals surface area contributed by atoms with Gasteiger partial charge in [-0.3, -0.25) is 18.9 Å². The van der Waals surface area contributed by atoms with Gasteiger partial charge in [-0.15, -0.1) is 0 Å². The molecule has 1 saturated heterocycles. The monoisotopic (exact) mass is 508 g/mol. The largest absolute Gasteiger partial charge is 0.496 e. The van der Waals surface area contributed by atoms with Gasteiger partial charge in [-0.25, -0.2) is 9.36 Å². The third-order valence-electron chi connectivity index (χ3n) is 5.93. The van der Waals surface area contributed by atoms with Crippen molar-refractivity contribution in [3.05, 3.63) is 56.9 Å². The van der Waals surface area contributed by atoms with E-state index in [1.54, 1.807) is 6.92 Å². The van der Waals surface area contributed by atoms with Crippen LogP contribution in [0.1, 0.15) is 18.2 Å². The lowest BCUT2D eigenvalue weighted by Crippen LogP contribution is -2.33. The second-order valence-electron chi connectivity index (χ2n) is 8.04. The number of phosphoric ester groups is 1. The number of aliphatic hydroxyl groups is 1. The number of ether oxygens (including phenoxy) is 3. The highest BCUT2D eigenvalue weighted by atomic mass is 31.2. The summed E-state index contributed by atoms with van der Waals surface area (Å²) in [5, 5.41) is 11.8. The minimum atomic E-state index is -4.78. The van der Waals surface area contributed by atoms with Crippen molar-refractivity contribution in [2.24, 2.45) is 0 Å². The number of nitrogens with zero attached hydrogens (tertiary/aromatic N) is 1. The van der Waals surface area contributed by atoms with Gasteiger partial charge in [0.15, 0.2) is 0 Å². The number of aromatic amines is 1. The van der Waals surface area contributed by atoms with Crippen molar-refractivity contribution in [2.75, 3.05) is 20.8 Å². The molecule has 1 aromatic heterocycles. The molecule has 2 aromatic carbocycles. The number of phosphoric acid groups is 1. The normalized spacial score (nSPS) is 20.3. The van der Waals surface area contributed by atoms with E-state index in [2.05, 4.69) is 9.51 Å². The summed E-state index contributed by atoms with van der Waals surface area (Å²) < 4.78 is 33.5. The summed E-state index contributed by atoms with van der Waals surface area (Å²) in [7, 11) is -1.78. The van der Waals surface area contributed by atoms with Crippen LogP contribution >= 0.6 is 7.82 Å². The molecule has 4 N–H and O–H groups in total. The molecule has 1 aliphatic rings. The van der Waals surface area contributed by atoms with Crippen molar-refractivity contribution in [3.63, 3.8) is 0 Å².